The highest BCUT2D eigenvalue weighted by atomic mass is 19.1. The maximum Gasteiger partial charge on any atom is 0.225 e. The summed E-state index contributed by atoms with van der Waals surface area (Å²) >= 11 is 0. The number of halogens is 1. The molecule has 1 fully saturated rings. The Balaban J connectivity index is 1.80. The highest BCUT2D eigenvalue weighted by Crippen LogP contribution is 2.22. The van der Waals surface area contributed by atoms with Crippen LogP contribution in [0.25, 0.3) is 0 Å². The Bertz CT molecular complexity index is 362. The Morgan fingerprint density at radius 1 is 1.17 bits per heavy atom. The monoisotopic (exact) mass is 252 g/mol. The number of hydrogen-bond donors (Lipinski definition) is 0. The Morgan fingerprint density at radius 2 is 1.78 bits per heavy atom. The van der Waals surface area contributed by atoms with E-state index in [1.807, 2.05) is 11.9 Å². The molecule has 100 valence electrons. The minimum absolute atomic E-state index is 0.393. The van der Waals surface area contributed by atoms with Gasteiger partial charge in [-0.3, -0.25) is 0 Å². The molecule has 4 nitrogen and oxygen atoms in total. The van der Waals surface area contributed by atoms with Crippen LogP contribution < -0.4 is 4.90 Å². The normalized spacial score (nSPS) is 16.4. The predicted octanol–water partition coefficient (Wildman–Crippen LogP) is 1.93. The van der Waals surface area contributed by atoms with Crippen molar-refractivity contribution in [3.05, 3.63) is 18.2 Å². The summed E-state index contributed by atoms with van der Waals surface area (Å²) in [6.45, 7) is 1.85. The zero-order valence-electron chi connectivity index (χ0n) is 11.1. The van der Waals surface area contributed by atoms with E-state index in [2.05, 4.69) is 21.9 Å². The maximum absolute atomic E-state index is 12.7. The molecule has 2 rings (SSSR count). The number of nitrogens with zero attached hydrogens (tertiary/aromatic N) is 4. The SMILES string of the molecule is CN(CCN(C)C1CCCC1)c1ncc(F)cn1. The second kappa shape index (κ2) is 6.09. The minimum atomic E-state index is -0.393. The van der Waals surface area contributed by atoms with Gasteiger partial charge in [-0.25, -0.2) is 14.4 Å². The van der Waals surface area contributed by atoms with Crippen LogP contribution in [0.4, 0.5) is 10.3 Å². The zero-order valence-corrected chi connectivity index (χ0v) is 11.1. The van der Waals surface area contributed by atoms with Crippen LogP contribution in [0.2, 0.25) is 0 Å². The van der Waals surface area contributed by atoms with Crippen molar-refractivity contribution in [2.75, 3.05) is 32.1 Å². The lowest BCUT2D eigenvalue weighted by atomic mass is 10.2. The molecule has 0 atom stereocenters. The van der Waals surface area contributed by atoms with Gasteiger partial charge in [-0.2, -0.15) is 0 Å². The molecule has 1 heterocycles. The van der Waals surface area contributed by atoms with Gasteiger partial charge in [0.25, 0.3) is 0 Å². The smallest absolute Gasteiger partial charge is 0.225 e. The minimum Gasteiger partial charge on any atom is -0.343 e. The summed E-state index contributed by atoms with van der Waals surface area (Å²) in [7, 11) is 4.12. The Morgan fingerprint density at radius 3 is 2.39 bits per heavy atom. The molecule has 0 aromatic carbocycles. The fraction of sp³-hybridized carbons (Fsp3) is 0.692. The van der Waals surface area contributed by atoms with E-state index in [9.17, 15) is 4.39 Å². The quantitative estimate of drug-likeness (QED) is 0.801. The summed E-state index contributed by atoms with van der Waals surface area (Å²) in [5.41, 5.74) is 0. The molecule has 1 aromatic rings. The van der Waals surface area contributed by atoms with E-state index in [4.69, 9.17) is 0 Å². The van der Waals surface area contributed by atoms with E-state index in [0.717, 1.165) is 19.1 Å². The standard InChI is InChI=1S/C13H21FN4/c1-17(12-5-3-4-6-12)7-8-18(2)13-15-9-11(14)10-16-13/h9-10,12H,3-8H2,1-2H3. The molecule has 0 N–H and O–H groups in total. The van der Waals surface area contributed by atoms with E-state index in [0.29, 0.717) is 5.95 Å². The number of aromatic nitrogens is 2. The van der Waals surface area contributed by atoms with Gasteiger partial charge in [-0.15, -0.1) is 0 Å². The highest BCUT2D eigenvalue weighted by Gasteiger charge is 2.19. The Labute approximate surface area is 108 Å². The molecular formula is C13H21FN4. The molecule has 1 saturated carbocycles. The molecule has 1 aliphatic rings. The summed E-state index contributed by atoms with van der Waals surface area (Å²) in [5.74, 6) is 0.187. The lowest BCUT2D eigenvalue weighted by Crippen LogP contribution is -2.36. The van der Waals surface area contributed by atoms with Gasteiger partial charge in [-0.1, -0.05) is 12.8 Å². The van der Waals surface area contributed by atoms with Gasteiger partial charge >= 0.3 is 0 Å². The second-order valence-corrected chi connectivity index (χ2v) is 5.04. The van der Waals surface area contributed by atoms with Gasteiger partial charge in [0, 0.05) is 26.2 Å². The first-order valence-electron chi connectivity index (χ1n) is 6.56. The average Bonchev–Trinajstić information content (AvgIpc) is 2.90. The molecule has 0 unspecified atom stereocenters. The third-order valence-electron chi connectivity index (χ3n) is 3.68. The van der Waals surface area contributed by atoms with Crippen LogP contribution in [0.3, 0.4) is 0 Å². The van der Waals surface area contributed by atoms with Crippen molar-refractivity contribution in [2.45, 2.75) is 31.7 Å². The molecule has 0 saturated heterocycles. The average molecular weight is 252 g/mol. The van der Waals surface area contributed by atoms with Crippen molar-refractivity contribution in [3.63, 3.8) is 0 Å². The van der Waals surface area contributed by atoms with Gasteiger partial charge in [0.2, 0.25) is 5.95 Å². The fourth-order valence-corrected chi connectivity index (χ4v) is 2.44. The van der Waals surface area contributed by atoms with E-state index in [-0.39, 0.29) is 0 Å². The fourth-order valence-electron chi connectivity index (χ4n) is 2.44. The van der Waals surface area contributed by atoms with E-state index in [1.165, 1.54) is 38.1 Å². The zero-order chi connectivity index (χ0) is 13.0. The maximum atomic E-state index is 12.7. The van der Waals surface area contributed by atoms with Crippen LogP contribution in [0.1, 0.15) is 25.7 Å². The van der Waals surface area contributed by atoms with Crippen molar-refractivity contribution < 1.29 is 4.39 Å². The molecule has 1 aliphatic carbocycles. The summed E-state index contributed by atoms with van der Waals surface area (Å²) in [4.78, 5) is 12.3. The molecule has 0 amide bonds. The molecule has 5 heteroatoms. The predicted molar refractivity (Wildman–Crippen MR) is 70.1 cm³/mol. The van der Waals surface area contributed by atoms with E-state index >= 15 is 0 Å². The van der Waals surface area contributed by atoms with E-state index in [1.54, 1.807) is 0 Å². The van der Waals surface area contributed by atoms with Crippen molar-refractivity contribution >= 4 is 5.95 Å². The van der Waals surface area contributed by atoms with Gasteiger partial charge < -0.3 is 9.80 Å². The van der Waals surface area contributed by atoms with Crippen molar-refractivity contribution in [2.24, 2.45) is 0 Å². The molecule has 18 heavy (non-hydrogen) atoms. The molecule has 0 spiro atoms. The largest absolute Gasteiger partial charge is 0.343 e. The number of likely N-dealkylation sites (N-methyl/N-ethyl adjacent to an activating group) is 2. The van der Waals surface area contributed by atoms with Crippen LogP contribution in [0.15, 0.2) is 12.4 Å². The topological polar surface area (TPSA) is 32.3 Å². The first-order valence-corrected chi connectivity index (χ1v) is 6.56. The molecule has 0 aliphatic heterocycles. The second-order valence-electron chi connectivity index (χ2n) is 5.04. The summed E-state index contributed by atoms with van der Waals surface area (Å²) in [6, 6.07) is 0.729. The lowest BCUT2D eigenvalue weighted by molar-refractivity contribution is 0.251. The number of hydrogen-bond acceptors (Lipinski definition) is 4. The summed E-state index contributed by atoms with van der Waals surface area (Å²) < 4.78 is 12.7. The van der Waals surface area contributed by atoms with Crippen LogP contribution in [-0.2, 0) is 0 Å². The third-order valence-corrected chi connectivity index (χ3v) is 3.68. The highest BCUT2D eigenvalue weighted by molar-refractivity contribution is 5.26. The van der Waals surface area contributed by atoms with Gasteiger partial charge in [0.15, 0.2) is 5.82 Å². The third kappa shape index (κ3) is 3.38. The van der Waals surface area contributed by atoms with Crippen molar-refractivity contribution in [1.29, 1.82) is 0 Å². The Kier molecular flexibility index (Phi) is 4.47. The van der Waals surface area contributed by atoms with Crippen molar-refractivity contribution in [1.82, 2.24) is 14.9 Å². The number of anilines is 1. The molecule has 0 radical (unpaired) electrons. The summed E-state index contributed by atoms with van der Waals surface area (Å²) in [6.07, 6.45) is 7.75. The van der Waals surface area contributed by atoms with Gasteiger partial charge in [-0.05, 0) is 19.9 Å². The Hall–Kier alpha value is -1.23. The summed E-state index contributed by atoms with van der Waals surface area (Å²) in [5, 5.41) is 0. The first kappa shape index (κ1) is 13.2. The van der Waals surface area contributed by atoms with Gasteiger partial charge in [0.1, 0.15) is 0 Å². The van der Waals surface area contributed by atoms with Gasteiger partial charge in [0.05, 0.1) is 12.4 Å². The van der Waals surface area contributed by atoms with Crippen LogP contribution in [-0.4, -0.2) is 48.1 Å². The lowest BCUT2D eigenvalue weighted by Gasteiger charge is -2.26. The van der Waals surface area contributed by atoms with Crippen LogP contribution in [0, 0.1) is 5.82 Å². The first-order chi connectivity index (χ1) is 8.66. The van der Waals surface area contributed by atoms with E-state index < -0.39 is 5.82 Å². The molecular weight excluding hydrogens is 231 g/mol. The molecule has 0 bridgehead atoms. The van der Waals surface area contributed by atoms with Crippen molar-refractivity contribution in [3.8, 4) is 0 Å². The molecule has 1 aromatic heterocycles. The number of rotatable bonds is 5. The van der Waals surface area contributed by atoms with Crippen LogP contribution in [0.5, 0.6) is 0 Å². The van der Waals surface area contributed by atoms with Crippen LogP contribution >= 0.6 is 0 Å².